The van der Waals surface area contributed by atoms with Gasteiger partial charge in [0.2, 0.25) is 0 Å². The van der Waals surface area contributed by atoms with E-state index in [-0.39, 0.29) is 0 Å². The highest BCUT2D eigenvalue weighted by Crippen LogP contribution is 2.28. The summed E-state index contributed by atoms with van der Waals surface area (Å²) in [7, 11) is 0. The third kappa shape index (κ3) is 3.87. The molecule has 0 aromatic carbocycles. The number of thioether (sulfide) groups is 1. The van der Waals surface area contributed by atoms with Crippen molar-refractivity contribution in [3.63, 3.8) is 0 Å². The summed E-state index contributed by atoms with van der Waals surface area (Å²) in [6.07, 6.45) is 10.7. The molecule has 0 radical (unpaired) electrons. The zero-order chi connectivity index (χ0) is 12.1. The van der Waals surface area contributed by atoms with Crippen molar-refractivity contribution >= 4 is 11.8 Å². The van der Waals surface area contributed by atoms with E-state index in [1.54, 1.807) is 0 Å². The van der Waals surface area contributed by atoms with Gasteiger partial charge in [-0.3, -0.25) is 0 Å². The van der Waals surface area contributed by atoms with Gasteiger partial charge in [-0.1, -0.05) is 19.8 Å². The van der Waals surface area contributed by atoms with Crippen molar-refractivity contribution in [3.8, 4) is 0 Å². The number of nitrogens with zero attached hydrogens (tertiary/aromatic N) is 1. The molecular formula is C14H28N2S. The van der Waals surface area contributed by atoms with Crippen molar-refractivity contribution in [2.75, 3.05) is 25.9 Å². The first-order chi connectivity index (χ1) is 8.33. The summed E-state index contributed by atoms with van der Waals surface area (Å²) < 4.78 is 0. The molecule has 1 saturated heterocycles. The Morgan fingerprint density at radius 3 is 2.47 bits per heavy atom. The summed E-state index contributed by atoms with van der Waals surface area (Å²) in [4.78, 5) is 2.57. The quantitative estimate of drug-likeness (QED) is 0.832. The average molecular weight is 256 g/mol. The van der Waals surface area contributed by atoms with Gasteiger partial charge >= 0.3 is 0 Å². The minimum Gasteiger partial charge on any atom is -0.310 e. The Morgan fingerprint density at radius 1 is 1.12 bits per heavy atom. The van der Waals surface area contributed by atoms with Crippen LogP contribution in [0.15, 0.2) is 0 Å². The molecule has 17 heavy (non-hydrogen) atoms. The topological polar surface area (TPSA) is 15.3 Å². The molecule has 1 aliphatic heterocycles. The highest BCUT2D eigenvalue weighted by molar-refractivity contribution is 7.99. The van der Waals surface area contributed by atoms with E-state index in [1.807, 2.05) is 0 Å². The molecule has 0 bridgehead atoms. The summed E-state index contributed by atoms with van der Waals surface area (Å²) in [5, 5.41) is 4.82. The van der Waals surface area contributed by atoms with Crippen LogP contribution in [0.2, 0.25) is 0 Å². The predicted octanol–water partition coefficient (Wildman–Crippen LogP) is 2.73. The Morgan fingerprint density at radius 2 is 1.82 bits per heavy atom. The fraction of sp³-hybridized carbons (Fsp3) is 1.00. The van der Waals surface area contributed by atoms with Crippen molar-refractivity contribution in [2.24, 2.45) is 0 Å². The smallest absolute Gasteiger partial charge is 0.0198 e. The highest BCUT2D eigenvalue weighted by Gasteiger charge is 2.27. The maximum atomic E-state index is 3.96. The number of hydrogen-bond donors (Lipinski definition) is 1. The normalized spacial score (nSPS) is 32.8. The molecule has 0 aromatic heterocycles. The largest absolute Gasteiger partial charge is 0.310 e. The van der Waals surface area contributed by atoms with Gasteiger partial charge < -0.3 is 10.2 Å². The lowest BCUT2D eigenvalue weighted by molar-refractivity contribution is 0.192. The Kier molecular flexibility index (Phi) is 5.64. The molecule has 0 amide bonds. The van der Waals surface area contributed by atoms with Crippen LogP contribution in [0, 0.1) is 0 Å². The Balaban J connectivity index is 1.76. The van der Waals surface area contributed by atoms with Crippen LogP contribution in [0.1, 0.15) is 45.4 Å². The highest BCUT2D eigenvalue weighted by atomic mass is 32.2. The molecule has 1 N–H and O–H groups in total. The Hall–Kier alpha value is 0.270. The molecule has 100 valence electrons. The summed E-state index contributed by atoms with van der Waals surface area (Å²) in [6.45, 7) is 6.10. The third-order valence-corrected chi connectivity index (χ3v) is 5.66. The van der Waals surface area contributed by atoms with E-state index in [1.165, 1.54) is 58.2 Å². The lowest BCUT2D eigenvalue weighted by atomic mass is 9.93. The first kappa shape index (κ1) is 13.7. The standard InChI is InChI=1S/C14H28N2S/c1-3-16-10-8-12(9-11-16)15-13-6-4-5-7-14(13)17-2/h12-15H,3-11H2,1-2H3. The number of piperidine rings is 1. The number of likely N-dealkylation sites (tertiary alicyclic amines) is 1. The van der Waals surface area contributed by atoms with Crippen LogP contribution in [0.4, 0.5) is 0 Å². The molecule has 1 heterocycles. The molecule has 0 spiro atoms. The average Bonchev–Trinajstić information content (AvgIpc) is 2.40. The maximum Gasteiger partial charge on any atom is 0.0198 e. The lowest BCUT2D eigenvalue weighted by Gasteiger charge is -2.38. The molecule has 1 aliphatic carbocycles. The minimum absolute atomic E-state index is 0.788. The van der Waals surface area contributed by atoms with Gasteiger partial charge in [-0.05, 0) is 51.6 Å². The maximum absolute atomic E-state index is 3.96. The van der Waals surface area contributed by atoms with Crippen molar-refractivity contribution < 1.29 is 0 Å². The van der Waals surface area contributed by atoms with Crippen molar-refractivity contribution in [3.05, 3.63) is 0 Å². The van der Waals surface area contributed by atoms with Crippen LogP contribution < -0.4 is 5.32 Å². The number of rotatable bonds is 4. The second-order valence-corrected chi connectivity index (χ2v) is 6.62. The monoisotopic (exact) mass is 256 g/mol. The van der Waals surface area contributed by atoms with Crippen LogP contribution in [-0.2, 0) is 0 Å². The van der Waals surface area contributed by atoms with Crippen molar-refractivity contribution in [1.82, 2.24) is 10.2 Å². The Labute approximate surface area is 111 Å². The fourth-order valence-corrected chi connectivity index (χ4v) is 4.23. The summed E-state index contributed by atoms with van der Waals surface area (Å²) >= 11 is 2.07. The molecule has 2 aliphatic rings. The molecular weight excluding hydrogens is 228 g/mol. The van der Waals surface area contributed by atoms with Crippen LogP contribution in [-0.4, -0.2) is 48.1 Å². The van der Waals surface area contributed by atoms with Crippen LogP contribution in [0.5, 0.6) is 0 Å². The van der Waals surface area contributed by atoms with E-state index >= 15 is 0 Å². The molecule has 0 aromatic rings. The third-order valence-electron chi connectivity index (χ3n) is 4.49. The Bertz CT molecular complexity index is 214. The number of nitrogens with one attached hydrogen (secondary N) is 1. The minimum atomic E-state index is 0.788. The van der Waals surface area contributed by atoms with Crippen LogP contribution >= 0.6 is 11.8 Å². The first-order valence-electron chi connectivity index (χ1n) is 7.34. The van der Waals surface area contributed by atoms with Gasteiger partial charge in [0.05, 0.1) is 0 Å². The first-order valence-corrected chi connectivity index (χ1v) is 8.63. The van der Waals surface area contributed by atoms with Gasteiger partial charge in [0.1, 0.15) is 0 Å². The second kappa shape index (κ2) is 7.01. The lowest BCUT2D eigenvalue weighted by Crippen LogP contribution is -2.50. The van der Waals surface area contributed by atoms with Crippen LogP contribution in [0.25, 0.3) is 0 Å². The van der Waals surface area contributed by atoms with Gasteiger partial charge in [-0.2, -0.15) is 11.8 Å². The molecule has 3 heteroatoms. The molecule has 1 saturated carbocycles. The van der Waals surface area contributed by atoms with E-state index < -0.39 is 0 Å². The van der Waals surface area contributed by atoms with Crippen LogP contribution in [0.3, 0.4) is 0 Å². The van der Waals surface area contributed by atoms with E-state index in [9.17, 15) is 0 Å². The van der Waals surface area contributed by atoms with Gasteiger partial charge in [-0.25, -0.2) is 0 Å². The van der Waals surface area contributed by atoms with Gasteiger partial charge in [0.25, 0.3) is 0 Å². The zero-order valence-corrected chi connectivity index (χ0v) is 12.3. The molecule has 2 rings (SSSR count). The molecule has 2 unspecified atom stereocenters. The van der Waals surface area contributed by atoms with Crippen molar-refractivity contribution in [2.45, 2.75) is 62.8 Å². The fourth-order valence-electron chi connectivity index (χ4n) is 3.29. The summed E-state index contributed by atoms with van der Waals surface area (Å²) in [6, 6.07) is 1.58. The second-order valence-electron chi connectivity index (χ2n) is 5.54. The van der Waals surface area contributed by atoms with Gasteiger partial charge in [0, 0.05) is 17.3 Å². The SMILES string of the molecule is CCN1CCC(NC2CCCCC2SC)CC1. The van der Waals surface area contributed by atoms with E-state index in [2.05, 4.69) is 35.2 Å². The summed E-state index contributed by atoms with van der Waals surface area (Å²) in [5.41, 5.74) is 0. The molecule has 2 fully saturated rings. The van der Waals surface area contributed by atoms with E-state index in [4.69, 9.17) is 0 Å². The summed E-state index contributed by atoms with van der Waals surface area (Å²) in [5.74, 6) is 0. The van der Waals surface area contributed by atoms with Gasteiger partial charge in [-0.15, -0.1) is 0 Å². The predicted molar refractivity (Wildman–Crippen MR) is 77.8 cm³/mol. The molecule has 2 nitrogen and oxygen atoms in total. The van der Waals surface area contributed by atoms with Crippen molar-refractivity contribution in [1.29, 1.82) is 0 Å². The zero-order valence-electron chi connectivity index (χ0n) is 11.5. The van der Waals surface area contributed by atoms with Gasteiger partial charge in [0.15, 0.2) is 0 Å². The molecule has 2 atom stereocenters. The van der Waals surface area contributed by atoms with E-state index in [0.717, 1.165) is 17.3 Å². The van der Waals surface area contributed by atoms with E-state index in [0.29, 0.717) is 0 Å². The number of hydrogen-bond acceptors (Lipinski definition) is 3.